The van der Waals surface area contributed by atoms with Gasteiger partial charge in [0.05, 0.1) is 10.7 Å². The van der Waals surface area contributed by atoms with E-state index in [1.165, 1.54) is 12.1 Å². The van der Waals surface area contributed by atoms with E-state index in [0.29, 0.717) is 0 Å². The van der Waals surface area contributed by atoms with Crippen LogP contribution in [0.2, 0.25) is 5.02 Å². The Hall–Kier alpha value is -1.63. The van der Waals surface area contributed by atoms with E-state index in [2.05, 4.69) is 5.32 Å². The zero-order chi connectivity index (χ0) is 13.0. The van der Waals surface area contributed by atoms with Gasteiger partial charge in [-0.1, -0.05) is 23.7 Å². The van der Waals surface area contributed by atoms with Crippen LogP contribution in [0.25, 0.3) is 0 Å². The fourth-order valence-corrected chi connectivity index (χ4v) is 1.23. The van der Waals surface area contributed by atoms with Gasteiger partial charge in [-0.2, -0.15) is 0 Å². The molecule has 1 aromatic rings. The largest absolute Gasteiger partial charge is 0.479 e. The summed E-state index contributed by atoms with van der Waals surface area (Å²) in [6.45, 7) is 0. The molecule has 4 N–H and O–H groups in total. The summed E-state index contributed by atoms with van der Waals surface area (Å²) in [7, 11) is 0. The van der Waals surface area contributed by atoms with Crippen molar-refractivity contribution in [1.29, 1.82) is 0 Å². The number of aliphatic hydroxyl groups excluding tert-OH is 2. The second-order valence-electron chi connectivity index (χ2n) is 3.20. The molecule has 0 spiro atoms. The number of carbonyl (C=O) groups excluding carboxylic acids is 1. The average molecular weight is 260 g/mol. The minimum absolute atomic E-state index is 0.218. The number of carboxylic acids is 1. The van der Waals surface area contributed by atoms with Gasteiger partial charge in [0.25, 0.3) is 5.91 Å². The van der Waals surface area contributed by atoms with Crippen LogP contribution in [0.4, 0.5) is 5.69 Å². The zero-order valence-corrected chi connectivity index (χ0v) is 9.26. The Bertz CT molecular complexity index is 436. The molecule has 17 heavy (non-hydrogen) atoms. The summed E-state index contributed by atoms with van der Waals surface area (Å²) in [5.41, 5.74) is 0.218. The molecule has 0 radical (unpaired) electrons. The molecular weight excluding hydrogens is 250 g/mol. The second kappa shape index (κ2) is 5.62. The van der Waals surface area contributed by atoms with Gasteiger partial charge in [-0.15, -0.1) is 0 Å². The monoisotopic (exact) mass is 259 g/mol. The normalized spacial score (nSPS) is 13.8. The Labute approximate surface area is 101 Å². The van der Waals surface area contributed by atoms with Crippen molar-refractivity contribution in [2.75, 3.05) is 5.32 Å². The Morgan fingerprint density at radius 1 is 1.18 bits per heavy atom. The number of hydrogen-bond donors (Lipinski definition) is 4. The molecule has 0 aromatic heterocycles. The summed E-state index contributed by atoms with van der Waals surface area (Å²) >= 11 is 5.74. The molecule has 7 heteroatoms. The van der Waals surface area contributed by atoms with Crippen LogP contribution in [-0.4, -0.2) is 39.4 Å². The molecule has 0 bridgehead atoms. The van der Waals surface area contributed by atoms with Crippen molar-refractivity contribution in [1.82, 2.24) is 0 Å². The van der Waals surface area contributed by atoms with Gasteiger partial charge in [0.15, 0.2) is 12.2 Å². The predicted molar refractivity (Wildman–Crippen MR) is 59.7 cm³/mol. The molecule has 0 saturated carbocycles. The molecule has 0 saturated heterocycles. The fourth-order valence-electron chi connectivity index (χ4n) is 1.05. The van der Waals surface area contributed by atoms with Gasteiger partial charge < -0.3 is 20.6 Å². The first kappa shape index (κ1) is 13.4. The summed E-state index contributed by atoms with van der Waals surface area (Å²) in [4.78, 5) is 21.7. The van der Waals surface area contributed by atoms with Gasteiger partial charge in [0.1, 0.15) is 0 Å². The molecule has 6 nitrogen and oxygen atoms in total. The summed E-state index contributed by atoms with van der Waals surface area (Å²) in [6, 6.07) is 6.22. The van der Waals surface area contributed by atoms with Crippen molar-refractivity contribution in [3.8, 4) is 0 Å². The van der Waals surface area contributed by atoms with E-state index >= 15 is 0 Å². The third-order valence-electron chi connectivity index (χ3n) is 1.95. The maximum absolute atomic E-state index is 11.4. The fraction of sp³-hybridized carbons (Fsp3) is 0.200. The molecule has 1 aromatic carbocycles. The zero-order valence-electron chi connectivity index (χ0n) is 8.50. The van der Waals surface area contributed by atoms with Crippen LogP contribution in [0.1, 0.15) is 0 Å². The van der Waals surface area contributed by atoms with Crippen LogP contribution >= 0.6 is 11.6 Å². The molecule has 0 aliphatic carbocycles. The number of amides is 1. The molecule has 0 fully saturated rings. The van der Waals surface area contributed by atoms with Crippen LogP contribution < -0.4 is 5.32 Å². The summed E-state index contributed by atoms with van der Waals surface area (Å²) in [5, 5.41) is 29.0. The molecule has 0 heterocycles. The first-order valence-corrected chi connectivity index (χ1v) is 4.95. The number of halogens is 1. The lowest BCUT2D eigenvalue weighted by Gasteiger charge is -2.14. The van der Waals surface area contributed by atoms with E-state index in [1.807, 2.05) is 0 Å². The third kappa shape index (κ3) is 3.42. The lowest BCUT2D eigenvalue weighted by atomic mass is 10.2. The highest BCUT2D eigenvalue weighted by Gasteiger charge is 2.30. The van der Waals surface area contributed by atoms with Gasteiger partial charge in [0.2, 0.25) is 0 Å². The van der Waals surface area contributed by atoms with Crippen LogP contribution in [0, 0.1) is 0 Å². The Kier molecular flexibility index (Phi) is 4.45. The Morgan fingerprint density at radius 2 is 1.76 bits per heavy atom. The van der Waals surface area contributed by atoms with Gasteiger partial charge >= 0.3 is 5.97 Å². The van der Waals surface area contributed by atoms with Crippen LogP contribution in [0.3, 0.4) is 0 Å². The van der Waals surface area contributed by atoms with Crippen molar-refractivity contribution < 1.29 is 24.9 Å². The highest BCUT2D eigenvalue weighted by Crippen LogP contribution is 2.20. The van der Waals surface area contributed by atoms with Crippen LogP contribution in [-0.2, 0) is 9.59 Å². The van der Waals surface area contributed by atoms with E-state index in [1.54, 1.807) is 12.1 Å². The van der Waals surface area contributed by atoms with Gasteiger partial charge in [0, 0.05) is 0 Å². The maximum atomic E-state index is 11.4. The number of anilines is 1. The van der Waals surface area contributed by atoms with Crippen molar-refractivity contribution in [2.24, 2.45) is 0 Å². The molecule has 0 unspecified atom stereocenters. The smallest absolute Gasteiger partial charge is 0.335 e. The second-order valence-corrected chi connectivity index (χ2v) is 3.60. The molecular formula is C10H10ClNO5. The number of aliphatic hydroxyl groups is 2. The van der Waals surface area contributed by atoms with Gasteiger partial charge in [-0.05, 0) is 12.1 Å². The number of carboxylic acid groups (broad SMARTS) is 1. The van der Waals surface area contributed by atoms with E-state index in [0.717, 1.165) is 0 Å². The lowest BCUT2D eigenvalue weighted by molar-refractivity contribution is -0.156. The summed E-state index contributed by atoms with van der Waals surface area (Å²) in [5.74, 6) is -2.74. The molecule has 2 atom stereocenters. The summed E-state index contributed by atoms with van der Waals surface area (Å²) in [6.07, 6.45) is -4.25. The SMILES string of the molecule is O=C(O)[C@@H](O)[C@H](O)C(=O)Nc1ccccc1Cl. The van der Waals surface area contributed by atoms with Gasteiger partial charge in [-0.3, -0.25) is 4.79 Å². The van der Waals surface area contributed by atoms with E-state index in [9.17, 15) is 14.7 Å². The maximum Gasteiger partial charge on any atom is 0.335 e. The van der Waals surface area contributed by atoms with Crippen molar-refractivity contribution in [3.63, 3.8) is 0 Å². The number of hydrogen-bond acceptors (Lipinski definition) is 4. The van der Waals surface area contributed by atoms with Crippen molar-refractivity contribution in [3.05, 3.63) is 29.3 Å². The van der Waals surface area contributed by atoms with Crippen LogP contribution in [0.15, 0.2) is 24.3 Å². The molecule has 1 rings (SSSR count). The summed E-state index contributed by atoms with van der Waals surface area (Å²) < 4.78 is 0. The van der Waals surface area contributed by atoms with Crippen molar-refractivity contribution in [2.45, 2.75) is 12.2 Å². The highest BCUT2D eigenvalue weighted by atomic mass is 35.5. The minimum atomic E-state index is -2.18. The standard InChI is InChI=1S/C10H10ClNO5/c11-5-3-1-2-4-6(5)12-9(15)7(13)8(14)10(16)17/h1-4,7-8,13-14H,(H,12,15)(H,16,17)/t7-,8-/m0/s1. The minimum Gasteiger partial charge on any atom is -0.479 e. The first-order valence-electron chi connectivity index (χ1n) is 4.58. The number of para-hydroxylation sites is 1. The number of rotatable bonds is 4. The average Bonchev–Trinajstić information content (AvgIpc) is 2.30. The predicted octanol–water partition coefficient (Wildman–Crippen LogP) is 0.0849. The third-order valence-corrected chi connectivity index (χ3v) is 2.28. The van der Waals surface area contributed by atoms with Gasteiger partial charge in [-0.25, -0.2) is 4.79 Å². The number of aliphatic carboxylic acids is 1. The lowest BCUT2D eigenvalue weighted by Crippen LogP contribution is -2.42. The van der Waals surface area contributed by atoms with Crippen LogP contribution in [0.5, 0.6) is 0 Å². The van der Waals surface area contributed by atoms with Crippen molar-refractivity contribution >= 4 is 29.2 Å². The molecule has 0 aliphatic rings. The quantitative estimate of drug-likeness (QED) is 0.613. The Morgan fingerprint density at radius 3 is 2.29 bits per heavy atom. The number of nitrogens with one attached hydrogen (secondary N) is 1. The van der Waals surface area contributed by atoms with E-state index in [4.69, 9.17) is 21.8 Å². The molecule has 1 amide bonds. The molecule has 92 valence electrons. The number of carbonyl (C=O) groups is 2. The molecule has 0 aliphatic heterocycles. The van der Waals surface area contributed by atoms with E-state index < -0.39 is 24.1 Å². The highest BCUT2D eigenvalue weighted by molar-refractivity contribution is 6.33. The first-order chi connectivity index (χ1) is 7.93. The Balaban J connectivity index is 2.73. The topological polar surface area (TPSA) is 107 Å². The van der Waals surface area contributed by atoms with E-state index in [-0.39, 0.29) is 10.7 Å². The number of benzene rings is 1.